The van der Waals surface area contributed by atoms with Crippen LogP contribution in [0.3, 0.4) is 0 Å². The van der Waals surface area contributed by atoms with Crippen molar-refractivity contribution in [3.63, 3.8) is 0 Å². The van der Waals surface area contributed by atoms with Gasteiger partial charge in [-0.15, -0.1) is 0 Å². The van der Waals surface area contributed by atoms with Gasteiger partial charge in [-0.3, -0.25) is 9.59 Å². The number of carbonyl (C=O) groups is 2. The van der Waals surface area contributed by atoms with Crippen molar-refractivity contribution in [1.82, 2.24) is 15.0 Å². The molecule has 9 nitrogen and oxygen atoms in total. The van der Waals surface area contributed by atoms with E-state index in [4.69, 9.17) is 20.4 Å². The molecule has 1 spiro atoms. The fraction of sp³-hybridized carbons (Fsp3) is 0.409. The lowest BCUT2D eigenvalue weighted by Gasteiger charge is -2.57. The summed E-state index contributed by atoms with van der Waals surface area (Å²) in [7, 11) is -4.13. The van der Waals surface area contributed by atoms with Gasteiger partial charge < -0.3 is 14.2 Å². The van der Waals surface area contributed by atoms with E-state index in [1.165, 1.54) is 13.0 Å². The van der Waals surface area contributed by atoms with E-state index in [1.807, 2.05) is 10.8 Å². The van der Waals surface area contributed by atoms with E-state index in [0.29, 0.717) is 5.02 Å². The zero-order valence-electron chi connectivity index (χ0n) is 17.8. The minimum atomic E-state index is -4.13. The summed E-state index contributed by atoms with van der Waals surface area (Å²) < 4.78 is 37.1. The zero-order valence-corrected chi connectivity index (χ0v) is 19.3. The summed E-state index contributed by atoms with van der Waals surface area (Å²) in [6, 6.07) is 7.82. The minimum absolute atomic E-state index is 0.00848. The number of nitrogens with zero attached hydrogens (tertiary/aromatic N) is 1. The van der Waals surface area contributed by atoms with Crippen molar-refractivity contribution in [2.75, 3.05) is 0 Å². The topological polar surface area (TPSA) is 132 Å². The first-order valence-corrected chi connectivity index (χ1v) is 12.5. The average molecular weight is 492 g/mol. The number of carbonyl (C=O) groups excluding carboxylic acids is 2. The first kappa shape index (κ1) is 22.0. The molecule has 0 radical (unpaired) electrons. The molecule has 0 bridgehead atoms. The fourth-order valence-electron chi connectivity index (χ4n) is 4.79. The molecule has 2 N–H and O–H groups in total. The van der Waals surface area contributed by atoms with Crippen LogP contribution in [-0.4, -0.2) is 31.3 Å². The summed E-state index contributed by atoms with van der Waals surface area (Å²) in [5.41, 5.74) is 1.65. The Labute approximate surface area is 194 Å². The number of oxazole rings is 1. The second-order valence-corrected chi connectivity index (χ2v) is 10.9. The Balaban J connectivity index is 1.14. The second-order valence-electron chi connectivity index (χ2n) is 8.85. The quantitative estimate of drug-likeness (QED) is 0.536. The predicted octanol–water partition coefficient (Wildman–Crippen LogP) is 3.75. The first-order chi connectivity index (χ1) is 15.7. The van der Waals surface area contributed by atoms with Crippen LogP contribution < -0.4 is 10.0 Å². The first-order valence-electron chi connectivity index (χ1n) is 10.7. The molecule has 3 aromatic rings. The lowest BCUT2D eigenvalue weighted by Crippen LogP contribution is -2.55. The number of fused-ring (bicyclic) bond motifs is 1. The third kappa shape index (κ3) is 4.13. The molecule has 2 aliphatic rings. The van der Waals surface area contributed by atoms with E-state index in [1.54, 1.807) is 12.1 Å². The number of furan rings is 1. The van der Waals surface area contributed by atoms with Crippen molar-refractivity contribution in [3.05, 3.63) is 47.0 Å². The molecule has 174 valence electrons. The maximum absolute atomic E-state index is 12.5. The van der Waals surface area contributed by atoms with Crippen molar-refractivity contribution in [3.8, 4) is 0 Å². The van der Waals surface area contributed by atoms with Crippen molar-refractivity contribution >= 4 is 44.5 Å². The van der Waals surface area contributed by atoms with E-state index in [0.717, 1.165) is 48.7 Å². The monoisotopic (exact) mass is 491 g/mol. The number of hydrogen-bond acceptors (Lipinski definition) is 7. The lowest BCUT2D eigenvalue weighted by atomic mass is 9.50. The number of nitrogens with one attached hydrogen (secondary N) is 2. The van der Waals surface area contributed by atoms with Gasteiger partial charge in [-0.25, -0.2) is 9.71 Å². The normalized spacial score (nSPS) is 24.3. The van der Waals surface area contributed by atoms with Crippen LogP contribution in [0.2, 0.25) is 5.02 Å². The van der Waals surface area contributed by atoms with Crippen LogP contribution in [-0.2, 0) is 14.8 Å². The van der Waals surface area contributed by atoms with Crippen LogP contribution in [0.5, 0.6) is 0 Å². The maximum atomic E-state index is 12.5. The highest BCUT2D eigenvalue weighted by Crippen LogP contribution is 2.61. The summed E-state index contributed by atoms with van der Waals surface area (Å²) in [4.78, 5) is 28.4. The smallest absolute Gasteiger partial charge is 0.297 e. The molecule has 0 aliphatic heterocycles. The molecule has 2 heterocycles. The predicted molar refractivity (Wildman–Crippen MR) is 118 cm³/mol. The Morgan fingerprint density at radius 2 is 1.91 bits per heavy atom. The van der Waals surface area contributed by atoms with Gasteiger partial charge in [-0.2, -0.15) is 8.42 Å². The number of aromatic nitrogens is 1. The van der Waals surface area contributed by atoms with E-state index < -0.39 is 26.9 Å². The molecule has 0 unspecified atom stereocenters. The summed E-state index contributed by atoms with van der Waals surface area (Å²) in [5, 5.41) is 3.04. The summed E-state index contributed by atoms with van der Waals surface area (Å²) in [6.45, 7) is 1.53. The SMILES string of the molecule is CCC(=O)NS(=O)(=O)c1ccc(C(=O)NC2CC3(C2)CC(c2nc4cc(Cl)ccc4o2)C3)o1. The van der Waals surface area contributed by atoms with Crippen molar-refractivity contribution in [2.45, 2.75) is 56.1 Å². The Hall–Kier alpha value is -2.85. The number of amides is 2. The zero-order chi connectivity index (χ0) is 23.4. The van der Waals surface area contributed by atoms with Crippen LogP contribution in [0, 0.1) is 5.41 Å². The van der Waals surface area contributed by atoms with Crippen LogP contribution in [0.1, 0.15) is 61.4 Å². The molecular formula is C22H22ClN3O6S. The highest BCUT2D eigenvalue weighted by Gasteiger charge is 2.54. The van der Waals surface area contributed by atoms with Crippen LogP contribution >= 0.6 is 11.6 Å². The second kappa shape index (κ2) is 7.88. The van der Waals surface area contributed by atoms with Crippen molar-refractivity contribution in [1.29, 1.82) is 0 Å². The molecular weight excluding hydrogens is 470 g/mol. The largest absolute Gasteiger partial charge is 0.440 e. The summed E-state index contributed by atoms with van der Waals surface area (Å²) in [5.74, 6) is -0.270. The molecule has 2 aliphatic carbocycles. The standard InChI is InChI=1S/C22H22ClN3O6S/c1-2-18(27)26-33(29,30)19-6-5-17(31-19)20(28)24-14-10-22(11-14)8-12(9-22)21-25-15-7-13(23)3-4-16(15)32-21/h3-7,12,14H,2,8-11H2,1H3,(H,24,28)(H,26,27). The highest BCUT2D eigenvalue weighted by molar-refractivity contribution is 7.89. The maximum Gasteiger partial charge on any atom is 0.297 e. The molecule has 2 aromatic heterocycles. The van der Waals surface area contributed by atoms with Crippen LogP contribution in [0.25, 0.3) is 11.1 Å². The molecule has 5 rings (SSSR count). The Morgan fingerprint density at radius 3 is 2.64 bits per heavy atom. The van der Waals surface area contributed by atoms with Gasteiger partial charge in [0, 0.05) is 23.4 Å². The molecule has 0 saturated heterocycles. The molecule has 2 fully saturated rings. The van der Waals surface area contributed by atoms with Gasteiger partial charge in [-0.05, 0) is 61.4 Å². The van der Waals surface area contributed by atoms with E-state index >= 15 is 0 Å². The number of benzene rings is 1. The van der Waals surface area contributed by atoms with Gasteiger partial charge in [0.05, 0.1) is 0 Å². The third-order valence-electron chi connectivity index (χ3n) is 6.41. The number of halogens is 1. The van der Waals surface area contributed by atoms with Gasteiger partial charge in [0.25, 0.3) is 15.9 Å². The van der Waals surface area contributed by atoms with E-state index in [-0.39, 0.29) is 29.6 Å². The Kier molecular flexibility index (Phi) is 5.24. The minimum Gasteiger partial charge on any atom is -0.440 e. The van der Waals surface area contributed by atoms with E-state index in [9.17, 15) is 18.0 Å². The van der Waals surface area contributed by atoms with Crippen LogP contribution in [0.15, 0.2) is 44.3 Å². The molecule has 2 amide bonds. The van der Waals surface area contributed by atoms with E-state index in [2.05, 4.69) is 10.3 Å². The van der Waals surface area contributed by atoms with Crippen LogP contribution in [0.4, 0.5) is 0 Å². The lowest BCUT2D eigenvalue weighted by molar-refractivity contribution is -0.119. The highest BCUT2D eigenvalue weighted by atomic mass is 35.5. The number of sulfonamides is 1. The molecule has 11 heteroatoms. The van der Waals surface area contributed by atoms with Gasteiger partial charge in [0.15, 0.2) is 17.2 Å². The van der Waals surface area contributed by atoms with Gasteiger partial charge in [0.2, 0.25) is 11.0 Å². The van der Waals surface area contributed by atoms with Crippen molar-refractivity contribution in [2.24, 2.45) is 5.41 Å². The third-order valence-corrected chi connectivity index (χ3v) is 7.89. The summed E-state index contributed by atoms with van der Waals surface area (Å²) in [6.07, 6.45) is 3.57. The fourth-order valence-corrected chi connectivity index (χ4v) is 5.95. The van der Waals surface area contributed by atoms with Crippen molar-refractivity contribution < 1.29 is 26.8 Å². The molecule has 0 atom stereocenters. The molecule has 1 aromatic carbocycles. The molecule has 33 heavy (non-hydrogen) atoms. The Morgan fingerprint density at radius 1 is 1.15 bits per heavy atom. The Bertz CT molecular complexity index is 1350. The number of hydrogen-bond donors (Lipinski definition) is 2. The van der Waals surface area contributed by atoms with Gasteiger partial charge >= 0.3 is 0 Å². The average Bonchev–Trinajstić information content (AvgIpc) is 3.35. The van der Waals surface area contributed by atoms with Gasteiger partial charge in [0.1, 0.15) is 5.52 Å². The van der Waals surface area contributed by atoms with Gasteiger partial charge in [-0.1, -0.05) is 18.5 Å². The molecule has 2 saturated carbocycles. The number of rotatable bonds is 6. The summed E-state index contributed by atoms with van der Waals surface area (Å²) >= 11 is 6.01.